The fraction of sp³-hybridized carbons (Fsp3) is 0.900. The predicted molar refractivity (Wildman–Crippen MR) is 100 cm³/mol. The maximum Gasteiger partial charge on any atom is 0.0913 e. The van der Waals surface area contributed by atoms with Crippen LogP contribution in [0.2, 0.25) is 0 Å². The van der Waals surface area contributed by atoms with Crippen LogP contribution in [0.5, 0.6) is 0 Å². The van der Waals surface area contributed by atoms with E-state index in [2.05, 4.69) is 30.8 Å². The first-order valence-corrected chi connectivity index (χ1v) is 9.93. The highest BCUT2D eigenvalue weighted by Gasteiger charge is 2.07. The van der Waals surface area contributed by atoms with Crippen LogP contribution < -0.4 is 5.90 Å². The second-order valence-electron chi connectivity index (χ2n) is 6.46. The first kappa shape index (κ1) is 22.6. The number of allylic oxidation sites excluding steroid dienone is 2. The van der Waals surface area contributed by atoms with E-state index in [1.807, 2.05) is 0 Å². The maximum absolute atomic E-state index is 5.80. The average molecular weight is 328 g/mol. The minimum atomic E-state index is 0.377. The second-order valence-corrected chi connectivity index (χ2v) is 6.46. The summed E-state index contributed by atoms with van der Waals surface area (Å²) in [5, 5.41) is 0. The molecule has 3 nitrogen and oxygen atoms in total. The highest BCUT2D eigenvalue weighted by Crippen LogP contribution is 2.13. The van der Waals surface area contributed by atoms with E-state index in [1.54, 1.807) is 0 Å². The minimum Gasteiger partial charge on any atom is -0.376 e. The lowest BCUT2D eigenvalue weighted by atomic mass is 10.1. The van der Waals surface area contributed by atoms with E-state index in [9.17, 15) is 0 Å². The maximum atomic E-state index is 5.80. The molecule has 0 radical (unpaired) electrons. The van der Waals surface area contributed by atoms with Crippen LogP contribution in [0, 0.1) is 0 Å². The monoisotopic (exact) mass is 327 g/mol. The van der Waals surface area contributed by atoms with Gasteiger partial charge in [-0.2, -0.15) is 0 Å². The molecule has 1 unspecified atom stereocenters. The molecule has 0 aliphatic rings. The molecule has 138 valence electrons. The summed E-state index contributed by atoms with van der Waals surface area (Å²) in [6.07, 6.45) is 21.9. The second kappa shape index (κ2) is 19.7. The molecule has 0 heterocycles. The summed E-state index contributed by atoms with van der Waals surface area (Å²) in [5.74, 6) is 5.02. The first-order valence-electron chi connectivity index (χ1n) is 9.93. The van der Waals surface area contributed by atoms with Gasteiger partial charge in [0.1, 0.15) is 0 Å². The first-order chi connectivity index (χ1) is 11.3. The molecule has 0 aliphatic carbocycles. The Balaban J connectivity index is 3.41. The Hall–Kier alpha value is -0.380. The highest BCUT2D eigenvalue weighted by molar-refractivity contribution is 4.81. The fourth-order valence-electron chi connectivity index (χ4n) is 2.81. The Morgan fingerprint density at radius 2 is 1.39 bits per heavy atom. The molecule has 0 amide bonds. The van der Waals surface area contributed by atoms with Crippen molar-refractivity contribution < 1.29 is 9.57 Å². The quantitative estimate of drug-likeness (QED) is 0.193. The largest absolute Gasteiger partial charge is 0.376 e. The summed E-state index contributed by atoms with van der Waals surface area (Å²) >= 11 is 0. The van der Waals surface area contributed by atoms with Gasteiger partial charge in [-0.1, -0.05) is 70.9 Å². The summed E-state index contributed by atoms with van der Waals surface area (Å²) in [7, 11) is 0. The fourth-order valence-corrected chi connectivity index (χ4v) is 2.81. The lowest BCUT2D eigenvalue weighted by Gasteiger charge is -2.16. The molecule has 0 bridgehead atoms. The van der Waals surface area contributed by atoms with Gasteiger partial charge in [0, 0.05) is 0 Å². The molecule has 23 heavy (non-hydrogen) atoms. The van der Waals surface area contributed by atoms with Gasteiger partial charge in [0.15, 0.2) is 0 Å². The SMILES string of the molecule is CCCCCCCC/C=C\CCCCC(CCC)OCCON. The molecule has 0 aromatic carbocycles. The van der Waals surface area contributed by atoms with Gasteiger partial charge in [0.25, 0.3) is 0 Å². The van der Waals surface area contributed by atoms with Crippen LogP contribution in [0.3, 0.4) is 0 Å². The lowest BCUT2D eigenvalue weighted by molar-refractivity contribution is -0.00365. The molecule has 2 N–H and O–H groups in total. The van der Waals surface area contributed by atoms with Crippen LogP contribution in [-0.2, 0) is 9.57 Å². The molecule has 0 aromatic rings. The van der Waals surface area contributed by atoms with Gasteiger partial charge in [-0.25, -0.2) is 5.90 Å². The van der Waals surface area contributed by atoms with E-state index in [1.165, 1.54) is 70.6 Å². The average Bonchev–Trinajstić information content (AvgIpc) is 2.56. The van der Waals surface area contributed by atoms with Crippen molar-refractivity contribution in [1.82, 2.24) is 0 Å². The van der Waals surface area contributed by atoms with Crippen LogP contribution in [-0.4, -0.2) is 19.3 Å². The smallest absolute Gasteiger partial charge is 0.0913 e. The van der Waals surface area contributed by atoms with Crippen molar-refractivity contribution >= 4 is 0 Å². The Labute approximate surface area is 145 Å². The zero-order valence-corrected chi connectivity index (χ0v) is 15.7. The van der Waals surface area contributed by atoms with Gasteiger partial charge in [0.05, 0.1) is 19.3 Å². The summed E-state index contributed by atoms with van der Waals surface area (Å²) in [6.45, 7) is 5.58. The molecule has 0 spiro atoms. The van der Waals surface area contributed by atoms with E-state index in [0.717, 1.165) is 12.8 Å². The molecule has 0 aliphatic heterocycles. The topological polar surface area (TPSA) is 44.5 Å². The number of hydrogen-bond acceptors (Lipinski definition) is 3. The Morgan fingerprint density at radius 1 is 0.739 bits per heavy atom. The van der Waals surface area contributed by atoms with Crippen LogP contribution >= 0.6 is 0 Å². The van der Waals surface area contributed by atoms with Crippen molar-refractivity contribution in [2.24, 2.45) is 5.90 Å². The van der Waals surface area contributed by atoms with E-state index >= 15 is 0 Å². The zero-order chi connectivity index (χ0) is 17.0. The van der Waals surface area contributed by atoms with Crippen molar-refractivity contribution in [2.45, 2.75) is 103 Å². The summed E-state index contributed by atoms with van der Waals surface area (Å²) in [4.78, 5) is 4.55. The van der Waals surface area contributed by atoms with E-state index < -0.39 is 0 Å². The van der Waals surface area contributed by atoms with Crippen LogP contribution in [0.1, 0.15) is 97.3 Å². The Morgan fingerprint density at radius 3 is 2.04 bits per heavy atom. The van der Waals surface area contributed by atoms with Gasteiger partial charge in [0.2, 0.25) is 0 Å². The number of rotatable bonds is 18. The zero-order valence-electron chi connectivity index (χ0n) is 15.7. The Bertz CT molecular complexity index is 244. The number of unbranched alkanes of at least 4 members (excludes halogenated alkanes) is 8. The van der Waals surface area contributed by atoms with Crippen LogP contribution in [0.4, 0.5) is 0 Å². The van der Waals surface area contributed by atoms with Gasteiger partial charge >= 0.3 is 0 Å². The van der Waals surface area contributed by atoms with Gasteiger partial charge < -0.3 is 9.57 Å². The molecule has 0 aromatic heterocycles. The Kier molecular flexibility index (Phi) is 19.3. The van der Waals surface area contributed by atoms with Crippen LogP contribution in [0.15, 0.2) is 12.2 Å². The third kappa shape index (κ3) is 17.8. The predicted octanol–water partition coefficient (Wildman–Crippen LogP) is 5.93. The molecular weight excluding hydrogens is 286 g/mol. The van der Waals surface area contributed by atoms with Crippen molar-refractivity contribution in [2.75, 3.05) is 13.2 Å². The van der Waals surface area contributed by atoms with E-state index in [-0.39, 0.29) is 0 Å². The molecule has 3 heteroatoms. The molecular formula is C20H41NO2. The normalized spacial score (nSPS) is 13.0. The van der Waals surface area contributed by atoms with Gasteiger partial charge in [-0.15, -0.1) is 0 Å². The van der Waals surface area contributed by atoms with Crippen LogP contribution in [0.25, 0.3) is 0 Å². The number of ether oxygens (including phenoxy) is 1. The molecule has 0 saturated carbocycles. The van der Waals surface area contributed by atoms with Crippen molar-refractivity contribution in [3.05, 3.63) is 12.2 Å². The van der Waals surface area contributed by atoms with Gasteiger partial charge in [-0.3, -0.25) is 0 Å². The molecule has 0 saturated heterocycles. The standard InChI is InChI=1S/C20H41NO2/c1-3-5-6-7-8-9-10-11-12-13-14-15-17-20(16-4-2)22-18-19-23-21/h11-12,20H,3-10,13-19,21H2,1-2H3/b12-11-. The summed E-state index contributed by atoms with van der Waals surface area (Å²) < 4.78 is 5.80. The van der Waals surface area contributed by atoms with Gasteiger partial charge in [-0.05, 0) is 38.5 Å². The molecule has 0 rings (SSSR count). The summed E-state index contributed by atoms with van der Waals surface area (Å²) in [5.41, 5.74) is 0. The van der Waals surface area contributed by atoms with Crippen molar-refractivity contribution in [1.29, 1.82) is 0 Å². The van der Waals surface area contributed by atoms with E-state index in [0.29, 0.717) is 19.3 Å². The minimum absolute atomic E-state index is 0.377. The van der Waals surface area contributed by atoms with E-state index in [4.69, 9.17) is 10.6 Å². The molecule has 0 fully saturated rings. The van der Waals surface area contributed by atoms with Crippen molar-refractivity contribution in [3.8, 4) is 0 Å². The lowest BCUT2D eigenvalue weighted by Crippen LogP contribution is -2.17. The third-order valence-electron chi connectivity index (χ3n) is 4.20. The van der Waals surface area contributed by atoms with Crippen molar-refractivity contribution in [3.63, 3.8) is 0 Å². The number of hydrogen-bond donors (Lipinski definition) is 1. The molecule has 1 atom stereocenters. The summed E-state index contributed by atoms with van der Waals surface area (Å²) in [6, 6.07) is 0. The third-order valence-corrected chi connectivity index (χ3v) is 4.20. The number of nitrogens with two attached hydrogens (primary N) is 1. The highest BCUT2D eigenvalue weighted by atomic mass is 16.6.